The Morgan fingerprint density at radius 1 is 1.09 bits per heavy atom. The van der Waals surface area contributed by atoms with E-state index < -0.39 is 28.1 Å². The quantitative estimate of drug-likeness (QED) is 0.336. The van der Waals surface area contributed by atoms with E-state index in [2.05, 4.69) is 18.8 Å². The maximum Gasteiger partial charge on any atom is 0.264 e. The van der Waals surface area contributed by atoms with Crippen molar-refractivity contribution in [2.45, 2.75) is 30.9 Å². The largest absolute Gasteiger partial charge is 0.386 e. The first-order valence-corrected chi connectivity index (χ1v) is 12.8. The minimum Gasteiger partial charge on any atom is -0.386 e. The second-order valence-electron chi connectivity index (χ2n) is 7.80. The fraction of sp³-hybridized carbons (Fsp3) is 0.174. The van der Waals surface area contributed by atoms with Crippen LogP contribution >= 0.6 is 23.3 Å². The summed E-state index contributed by atoms with van der Waals surface area (Å²) in [7, 11) is -4.11. The minimum atomic E-state index is -4.11. The van der Waals surface area contributed by atoms with Crippen molar-refractivity contribution < 1.29 is 18.3 Å². The van der Waals surface area contributed by atoms with E-state index in [9.17, 15) is 18.3 Å². The second-order valence-corrected chi connectivity index (χ2v) is 10.4. The summed E-state index contributed by atoms with van der Waals surface area (Å²) in [5.41, 5.74) is 2.45. The zero-order chi connectivity index (χ0) is 24.5. The van der Waals surface area contributed by atoms with Crippen molar-refractivity contribution >= 4 is 56.0 Å². The molecule has 0 saturated heterocycles. The van der Waals surface area contributed by atoms with Gasteiger partial charge in [0.15, 0.2) is 0 Å². The van der Waals surface area contributed by atoms with Gasteiger partial charge in [0.05, 0.1) is 35.1 Å². The molecule has 0 saturated carbocycles. The molecule has 176 valence electrons. The summed E-state index contributed by atoms with van der Waals surface area (Å²) in [6, 6.07) is 15.6. The third-order valence-corrected chi connectivity index (χ3v) is 7.44. The number of aryl methyl sites for hydroxylation is 1. The summed E-state index contributed by atoms with van der Waals surface area (Å²) in [5, 5.41) is 13.6. The molecule has 0 fully saturated rings. The molecule has 0 aliphatic carbocycles. The van der Waals surface area contributed by atoms with Gasteiger partial charge in [0, 0.05) is 5.02 Å². The molecule has 34 heavy (non-hydrogen) atoms. The van der Waals surface area contributed by atoms with Gasteiger partial charge in [0.2, 0.25) is 0 Å². The summed E-state index contributed by atoms with van der Waals surface area (Å²) in [5.74, 6) is -0.568. The van der Waals surface area contributed by atoms with Gasteiger partial charge in [0.25, 0.3) is 15.9 Å². The van der Waals surface area contributed by atoms with Gasteiger partial charge in [-0.2, -0.15) is 8.75 Å². The molecule has 4 aromatic rings. The predicted molar refractivity (Wildman–Crippen MR) is 133 cm³/mol. The topological polar surface area (TPSA) is 121 Å². The highest BCUT2D eigenvalue weighted by molar-refractivity contribution is 7.93. The lowest BCUT2D eigenvalue weighted by Crippen LogP contribution is -2.37. The molecule has 0 bridgehead atoms. The van der Waals surface area contributed by atoms with Crippen molar-refractivity contribution in [1.82, 2.24) is 14.1 Å². The lowest BCUT2D eigenvalue weighted by Gasteiger charge is -2.22. The second kappa shape index (κ2) is 9.67. The number of nitrogens with one attached hydrogen (secondary N) is 2. The summed E-state index contributed by atoms with van der Waals surface area (Å²) in [6.07, 6.45) is -0.952. The van der Waals surface area contributed by atoms with Gasteiger partial charge in [-0.1, -0.05) is 47.5 Å². The average Bonchev–Trinajstić information content (AvgIpc) is 3.27. The van der Waals surface area contributed by atoms with E-state index in [4.69, 9.17) is 11.6 Å². The first kappa shape index (κ1) is 24.1. The molecule has 0 aliphatic rings. The SMILES string of the molecule is Cc1ccc(C(O)[C@@H](C)NC(=O)c2ccc(Cl)cc2NS(=O)(=O)c2cccc3nsnc23)cc1. The third-order valence-electron chi connectivity index (χ3n) is 5.26. The van der Waals surface area contributed by atoms with Crippen LogP contribution in [0.3, 0.4) is 0 Å². The summed E-state index contributed by atoms with van der Waals surface area (Å²) >= 11 is 7.00. The van der Waals surface area contributed by atoms with Gasteiger partial charge in [-0.25, -0.2) is 8.42 Å². The maximum atomic E-state index is 13.2. The van der Waals surface area contributed by atoms with E-state index in [-0.39, 0.29) is 26.7 Å². The highest BCUT2D eigenvalue weighted by Gasteiger charge is 2.25. The number of aliphatic hydroxyl groups is 1. The first-order valence-electron chi connectivity index (χ1n) is 10.2. The number of hydrogen-bond acceptors (Lipinski definition) is 7. The molecule has 3 aromatic carbocycles. The van der Waals surface area contributed by atoms with Crippen LogP contribution < -0.4 is 10.0 Å². The van der Waals surface area contributed by atoms with Crippen LogP contribution in [0, 0.1) is 6.92 Å². The van der Waals surface area contributed by atoms with E-state index in [1.807, 2.05) is 19.1 Å². The number of nitrogens with zero attached hydrogens (tertiary/aromatic N) is 2. The van der Waals surface area contributed by atoms with Crippen LogP contribution in [-0.2, 0) is 10.0 Å². The third kappa shape index (κ3) is 5.05. The molecule has 1 amide bonds. The van der Waals surface area contributed by atoms with Crippen molar-refractivity contribution in [1.29, 1.82) is 0 Å². The van der Waals surface area contributed by atoms with Crippen LogP contribution in [0.5, 0.6) is 0 Å². The molecule has 11 heteroatoms. The van der Waals surface area contributed by atoms with Crippen LogP contribution in [0.25, 0.3) is 11.0 Å². The molecule has 1 aromatic heterocycles. The summed E-state index contributed by atoms with van der Waals surface area (Å²) < 4.78 is 36.9. The Hall–Kier alpha value is -3.05. The lowest BCUT2D eigenvalue weighted by atomic mass is 10.0. The number of rotatable bonds is 7. The number of aromatic nitrogens is 2. The minimum absolute atomic E-state index is 0.00205. The van der Waals surface area contributed by atoms with Crippen molar-refractivity contribution in [3.05, 3.63) is 82.4 Å². The molecule has 3 N–H and O–H groups in total. The summed E-state index contributed by atoms with van der Waals surface area (Å²) in [6.45, 7) is 3.61. The van der Waals surface area contributed by atoms with Crippen molar-refractivity contribution in [2.75, 3.05) is 4.72 Å². The van der Waals surface area contributed by atoms with Crippen molar-refractivity contribution in [3.63, 3.8) is 0 Å². The van der Waals surface area contributed by atoms with E-state index in [0.717, 1.165) is 17.3 Å². The Kier molecular flexibility index (Phi) is 6.85. The smallest absolute Gasteiger partial charge is 0.264 e. The van der Waals surface area contributed by atoms with Crippen LogP contribution in [-0.4, -0.2) is 34.2 Å². The number of anilines is 1. The van der Waals surface area contributed by atoms with Gasteiger partial charge in [-0.3, -0.25) is 9.52 Å². The molecule has 1 heterocycles. The number of carbonyl (C=O) groups is 1. The molecular weight excluding hydrogens is 496 g/mol. The van der Waals surface area contributed by atoms with E-state index in [1.165, 1.54) is 24.3 Å². The standard InChI is InChI=1S/C23H21ClN4O4S2/c1-13-6-8-15(9-7-13)22(29)14(2)25-23(30)17-11-10-16(24)12-19(17)28-34(31,32)20-5-3-4-18-21(20)27-33-26-18/h3-12,14,22,28-29H,1-2H3,(H,25,30)/t14-,22?/m1/s1. The molecule has 0 spiro atoms. The number of fused-ring (bicyclic) bond motifs is 1. The maximum absolute atomic E-state index is 13.2. The molecule has 1 unspecified atom stereocenters. The number of aliphatic hydroxyl groups excluding tert-OH is 1. The monoisotopic (exact) mass is 516 g/mol. The van der Waals surface area contributed by atoms with E-state index in [0.29, 0.717) is 11.1 Å². The van der Waals surface area contributed by atoms with Crippen LogP contribution in [0.4, 0.5) is 5.69 Å². The average molecular weight is 517 g/mol. The Morgan fingerprint density at radius 3 is 2.56 bits per heavy atom. The Balaban J connectivity index is 1.60. The normalized spacial score (nSPS) is 13.4. The van der Waals surface area contributed by atoms with Gasteiger partial charge in [-0.15, -0.1) is 0 Å². The van der Waals surface area contributed by atoms with Gasteiger partial charge in [0.1, 0.15) is 15.9 Å². The molecular formula is C23H21ClN4O4S2. The lowest BCUT2D eigenvalue weighted by molar-refractivity contribution is 0.0853. The van der Waals surface area contributed by atoms with Crippen LogP contribution in [0.15, 0.2) is 65.6 Å². The highest BCUT2D eigenvalue weighted by atomic mass is 35.5. The van der Waals surface area contributed by atoms with Crippen molar-refractivity contribution in [3.8, 4) is 0 Å². The van der Waals surface area contributed by atoms with E-state index in [1.54, 1.807) is 31.2 Å². The number of carbonyl (C=O) groups excluding carboxylic acids is 1. The first-order chi connectivity index (χ1) is 16.2. The molecule has 2 atom stereocenters. The Morgan fingerprint density at radius 2 is 1.82 bits per heavy atom. The molecule has 0 aliphatic heterocycles. The van der Waals surface area contributed by atoms with Crippen LogP contribution in [0.2, 0.25) is 5.02 Å². The zero-order valence-electron chi connectivity index (χ0n) is 18.2. The number of halogens is 1. The van der Waals surface area contributed by atoms with Crippen LogP contribution in [0.1, 0.15) is 34.5 Å². The number of sulfonamides is 1. The van der Waals surface area contributed by atoms with Crippen molar-refractivity contribution in [2.24, 2.45) is 0 Å². The summed E-state index contributed by atoms with van der Waals surface area (Å²) in [4.78, 5) is 13.0. The highest BCUT2D eigenvalue weighted by Crippen LogP contribution is 2.28. The van der Waals surface area contributed by atoms with Gasteiger partial charge >= 0.3 is 0 Å². The molecule has 8 nitrogen and oxygen atoms in total. The number of benzene rings is 3. The number of hydrogen-bond donors (Lipinski definition) is 3. The molecule has 0 radical (unpaired) electrons. The predicted octanol–water partition coefficient (Wildman–Crippen LogP) is 4.31. The van der Waals surface area contributed by atoms with E-state index >= 15 is 0 Å². The number of amides is 1. The zero-order valence-corrected chi connectivity index (χ0v) is 20.6. The van der Waals surface area contributed by atoms with Gasteiger partial charge in [-0.05, 0) is 49.7 Å². The fourth-order valence-corrected chi connectivity index (χ4v) is 5.42. The Labute approximate surface area is 206 Å². The molecule has 4 rings (SSSR count). The van der Waals surface area contributed by atoms with Gasteiger partial charge < -0.3 is 10.4 Å². The Bertz CT molecular complexity index is 1460. The fourth-order valence-electron chi connectivity index (χ4n) is 3.41.